The maximum Gasteiger partial charge on any atom is 0.416 e. The van der Waals surface area contributed by atoms with Gasteiger partial charge in [0.25, 0.3) is 5.91 Å². The lowest BCUT2D eigenvalue weighted by molar-refractivity contribution is -0.137. The van der Waals surface area contributed by atoms with Crippen LogP contribution in [0.15, 0.2) is 54.6 Å². The van der Waals surface area contributed by atoms with E-state index in [-0.39, 0.29) is 24.8 Å². The minimum atomic E-state index is -4.42. The molecule has 7 heteroatoms. The van der Waals surface area contributed by atoms with Gasteiger partial charge in [0, 0.05) is 18.8 Å². The number of amides is 1. The first-order valence-electron chi connectivity index (χ1n) is 9.00. The molecule has 2 aromatic carbocycles. The number of rotatable bonds is 5. The van der Waals surface area contributed by atoms with Gasteiger partial charge in [-0.25, -0.2) is 4.39 Å². The fraction of sp³-hybridized carbons (Fsp3) is 0.227. The SMILES string of the molecule is Cc1cc(C)n(Cc2cccc(C(F)(F)F)c2)c1C(=O)NCc1ccc(F)cc1. The Morgan fingerprint density at radius 2 is 1.69 bits per heavy atom. The summed E-state index contributed by atoms with van der Waals surface area (Å²) in [6.45, 7) is 3.94. The topological polar surface area (TPSA) is 34.0 Å². The third-order valence-corrected chi connectivity index (χ3v) is 4.67. The highest BCUT2D eigenvalue weighted by atomic mass is 19.4. The molecule has 1 heterocycles. The maximum atomic E-state index is 13.0. The zero-order chi connectivity index (χ0) is 21.2. The molecule has 0 saturated heterocycles. The Morgan fingerprint density at radius 3 is 2.34 bits per heavy atom. The van der Waals surface area contributed by atoms with Gasteiger partial charge in [-0.2, -0.15) is 13.2 Å². The summed E-state index contributed by atoms with van der Waals surface area (Å²) in [6, 6.07) is 12.7. The van der Waals surface area contributed by atoms with E-state index in [1.807, 2.05) is 6.07 Å². The highest BCUT2D eigenvalue weighted by Crippen LogP contribution is 2.30. The predicted octanol–water partition coefficient (Wildman–Crippen LogP) is 5.24. The van der Waals surface area contributed by atoms with Gasteiger partial charge in [0.1, 0.15) is 11.5 Å². The number of alkyl halides is 3. The van der Waals surface area contributed by atoms with E-state index in [0.717, 1.165) is 29.0 Å². The number of nitrogens with one attached hydrogen (secondary N) is 1. The van der Waals surface area contributed by atoms with Gasteiger partial charge in [0.05, 0.1) is 5.56 Å². The Labute approximate surface area is 166 Å². The second kappa shape index (κ2) is 8.11. The molecule has 1 amide bonds. The number of carbonyl (C=O) groups excluding carboxylic acids is 1. The van der Waals surface area contributed by atoms with Crippen LogP contribution in [-0.2, 0) is 19.3 Å². The summed E-state index contributed by atoms with van der Waals surface area (Å²) < 4.78 is 53.7. The molecule has 0 fully saturated rings. The fourth-order valence-corrected chi connectivity index (χ4v) is 3.25. The van der Waals surface area contributed by atoms with E-state index in [9.17, 15) is 22.4 Å². The first-order valence-corrected chi connectivity index (χ1v) is 9.00. The lowest BCUT2D eigenvalue weighted by Crippen LogP contribution is -2.26. The molecule has 0 atom stereocenters. The second-order valence-corrected chi connectivity index (χ2v) is 6.91. The summed E-state index contributed by atoms with van der Waals surface area (Å²) in [7, 11) is 0. The van der Waals surface area contributed by atoms with Gasteiger partial charge in [-0.1, -0.05) is 24.3 Å². The third-order valence-electron chi connectivity index (χ3n) is 4.67. The standard InChI is InChI=1S/C22H20F4N2O/c1-14-10-15(2)28(13-17-4-3-5-18(11-17)22(24,25)26)20(14)21(29)27-12-16-6-8-19(23)9-7-16/h3-11H,12-13H2,1-2H3,(H,27,29). The molecule has 0 aliphatic carbocycles. The van der Waals surface area contributed by atoms with E-state index in [1.54, 1.807) is 36.6 Å². The van der Waals surface area contributed by atoms with Gasteiger partial charge in [0.2, 0.25) is 0 Å². The predicted molar refractivity (Wildman–Crippen MR) is 102 cm³/mol. The van der Waals surface area contributed by atoms with Crippen LogP contribution in [0.4, 0.5) is 17.6 Å². The summed E-state index contributed by atoms with van der Waals surface area (Å²) in [5, 5.41) is 2.79. The molecule has 1 N–H and O–H groups in total. The van der Waals surface area contributed by atoms with Crippen molar-refractivity contribution in [3.63, 3.8) is 0 Å². The molecule has 1 aromatic heterocycles. The lowest BCUT2D eigenvalue weighted by Gasteiger charge is -2.14. The van der Waals surface area contributed by atoms with Crippen molar-refractivity contribution in [2.45, 2.75) is 33.1 Å². The third kappa shape index (κ3) is 4.85. The largest absolute Gasteiger partial charge is 0.416 e. The molecular formula is C22H20F4N2O. The molecular weight excluding hydrogens is 384 g/mol. The van der Waals surface area contributed by atoms with Crippen molar-refractivity contribution in [2.75, 3.05) is 0 Å². The van der Waals surface area contributed by atoms with Crippen molar-refractivity contribution in [1.82, 2.24) is 9.88 Å². The van der Waals surface area contributed by atoms with Gasteiger partial charge < -0.3 is 9.88 Å². The Bertz CT molecular complexity index is 1020. The van der Waals surface area contributed by atoms with Crippen molar-refractivity contribution in [3.8, 4) is 0 Å². The molecule has 3 nitrogen and oxygen atoms in total. The van der Waals surface area contributed by atoms with Gasteiger partial charge in [-0.15, -0.1) is 0 Å². The summed E-state index contributed by atoms with van der Waals surface area (Å²) in [6.07, 6.45) is -4.42. The molecule has 152 valence electrons. The monoisotopic (exact) mass is 404 g/mol. The lowest BCUT2D eigenvalue weighted by atomic mass is 10.1. The average molecular weight is 404 g/mol. The van der Waals surface area contributed by atoms with E-state index in [1.165, 1.54) is 18.2 Å². The number of halogens is 4. The van der Waals surface area contributed by atoms with Crippen molar-refractivity contribution in [2.24, 2.45) is 0 Å². The molecule has 0 aliphatic rings. The van der Waals surface area contributed by atoms with Crippen molar-refractivity contribution < 1.29 is 22.4 Å². The average Bonchev–Trinajstić information content (AvgIpc) is 2.94. The van der Waals surface area contributed by atoms with E-state index in [4.69, 9.17) is 0 Å². The van der Waals surface area contributed by atoms with E-state index in [2.05, 4.69) is 5.32 Å². The quantitative estimate of drug-likeness (QED) is 0.580. The molecule has 3 aromatic rings. The van der Waals surface area contributed by atoms with Crippen LogP contribution in [0, 0.1) is 19.7 Å². The number of nitrogens with zero attached hydrogens (tertiary/aromatic N) is 1. The summed E-state index contributed by atoms with van der Waals surface area (Å²) in [5.41, 5.74) is 2.36. The first kappa shape index (κ1) is 20.6. The van der Waals surface area contributed by atoms with Crippen LogP contribution in [0.2, 0.25) is 0 Å². The van der Waals surface area contributed by atoms with Gasteiger partial charge >= 0.3 is 6.18 Å². The van der Waals surface area contributed by atoms with Crippen LogP contribution in [0.3, 0.4) is 0 Å². The number of aromatic nitrogens is 1. The molecule has 0 saturated carbocycles. The van der Waals surface area contributed by atoms with Crippen LogP contribution in [0.1, 0.15) is 38.4 Å². The molecule has 0 unspecified atom stereocenters. The summed E-state index contributed by atoms with van der Waals surface area (Å²) in [5.74, 6) is -0.701. The van der Waals surface area contributed by atoms with Crippen molar-refractivity contribution in [3.05, 3.63) is 94.1 Å². The Hall–Kier alpha value is -3.09. The normalized spacial score (nSPS) is 11.5. The van der Waals surface area contributed by atoms with Crippen molar-refractivity contribution in [1.29, 1.82) is 0 Å². The van der Waals surface area contributed by atoms with Gasteiger partial charge in [-0.05, 0) is 60.9 Å². The zero-order valence-corrected chi connectivity index (χ0v) is 16.0. The summed E-state index contributed by atoms with van der Waals surface area (Å²) >= 11 is 0. The molecule has 0 aliphatic heterocycles. The zero-order valence-electron chi connectivity index (χ0n) is 16.0. The van der Waals surface area contributed by atoms with Crippen LogP contribution >= 0.6 is 0 Å². The molecule has 29 heavy (non-hydrogen) atoms. The second-order valence-electron chi connectivity index (χ2n) is 6.91. The number of benzene rings is 2. The summed E-state index contributed by atoms with van der Waals surface area (Å²) in [4.78, 5) is 12.8. The minimum absolute atomic E-state index is 0.142. The van der Waals surface area contributed by atoms with Crippen LogP contribution in [0.25, 0.3) is 0 Å². The van der Waals surface area contributed by atoms with Crippen molar-refractivity contribution >= 4 is 5.91 Å². The fourth-order valence-electron chi connectivity index (χ4n) is 3.25. The minimum Gasteiger partial charge on any atom is -0.347 e. The van der Waals surface area contributed by atoms with E-state index in [0.29, 0.717) is 11.3 Å². The molecule has 0 radical (unpaired) electrons. The molecule has 3 rings (SSSR count). The molecule has 0 bridgehead atoms. The maximum absolute atomic E-state index is 13.0. The van der Waals surface area contributed by atoms with Gasteiger partial charge in [0.15, 0.2) is 0 Å². The van der Waals surface area contributed by atoms with Gasteiger partial charge in [-0.3, -0.25) is 4.79 Å². The number of aryl methyl sites for hydroxylation is 2. The number of hydrogen-bond acceptors (Lipinski definition) is 1. The highest BCUT2D eigenvalue weighted by Gasteiger charge is 2.30. The number of hydrogen-bond donors (Lipinski definition) is 1. The van der Waals surface area contributed by atoms with Crippen LogP contribution < -0.4 is 5.32 Å². The number of carbonyl (C=O) groups is 1. The van der Waals surface area contributed by atoms with E-state index >= 15 is 0 Å². The highest BCUT2D eigenvalue weighted by molar-refractivity contribution is 5.94. The Morgan fingerprint density at radius 1 is 1.00 bits per heavy atom. The Kier molecular flexibility index (Phi) is 5.77. The van der Waals surface area contributed by atoms with Crippen LogP contribution in [-0.4, -0.2) is 10.5 Å². The Balaban J connectivity index is 1.82. The molecule has 0 spiro atoms. The van der Waals surface area contributed by atoms with E-state index < -0.39 is 11.7 Å². The van der Waals surface area contributed by atoms with Crippen LogP contribution in [0.5, 0.6) is 0 Å². The smallest absolute Gasteiger partial charge is 0.347 e. The first-order chi connectivity index (χ1) is 13.6.